The zero-order valence-corrected chi connectivity index (χ0v) is 21.8. The Hall–Kier alpha value is -2.56. The van der Waals surface area contributed by atoms with Crippen molar-refractivity contribution in [1.82, 2.24) is 9.80 Å². The molecule has 3 aliphatic rings. The van der Waals surface area contributed by atoms with Crippen LogP contribution in [0, 0.1) is 11.8 Å². The first-order valence-corrected chi connectivity index (χ1v) is 14.0. The fourth-order valence-electron chi connectivity index (χ4n) is 6.34. The van der Waals surface area contributed by atoms with Crippen LogP contribution in [0.25, 0.3) is 0 Å². The number of phenolic OH excluding ortho intramolecular Hbond substituents is 1. The number of hydrogen-bond acceptors (Lipinski definition) is 4. The normalized spacial score (nSPS) is 24.1. The Labute approximate surface area is 217 Å². The number of aryl methyl sites for hydroxylation is 1. The van der Waals surface area contributed by atoms with Gasteiger partial charge in [0.1, 0.15) is 18.1 Å². The average Bonchev–Trinajstić information content (AvgIpc) is 2.93. The number of nitrogens with zero attached hydrogens (tertiary/aromatic N) is 2. The van der Waals surface area contributed by atoms with E-state index in [1.165, 1.54) is 55.5 Å². The van der Waals surface area contributed by atoms with Gasteiger partial charge in [0.15, 0.2) is 0 Å². The van der Waals surface area contributed by atoms with E-state index < -0.39 is 0 Å². The maximum atomic E-state index is 9.87. The van der Waals surface area contributed by atoms with E-state index in [4.69, 9.17) is 4.74 Å². The van der Waals surface area contributed by atoms with E-state index in [1.807, 2.05) is 12.1 Å². The molecule has 5 rings (SSSR count). The summed E-state index contributed by atoms with van der Waals surface area (Å²) in [5.41, 5.74) is 4.07. The summed E-state index contributed by atoms with van der Waals surface area (Å²) in [6.45, 7) is 8.48. The van der Waals surface area contributed by atoms with Crippen LogP contribution in [0.4, 0.5) is 0 Å². The molecule has 0 spiro atoms. The molecular formula is C32H42N2O2. The molecule has 1 aliphatic heterocycles. The van der Waals surface area contributed by atoms with Gasteiger partial charge in [-0.3, -0.25) is 9.80 Å². The smallest absolute Gasteiger partial charge is 0.119 e. The highest BCUT2D eigenvalue weighted by Gasteiger charge is 2.33. The summed E-state index contributed by atoms with van der Waals surface area (Å²) in [7, 11) is 0. The number of likely N-dealkylation sites (tertiary alicyclic amines) is 1. The van der Waals surface area contributed by atoms with Gasteiger partial charge >= 0.3 is 0 Å². The van der Waals surface area contributed by atoms with E-state index in [0.29, 0.717) is 23.6 Å². The van der Waals surface area contributed by atoms with Gasteiger partial charge in [-0.1, -0.05) is 55.8 Å². The minimum absolute atomic E-state index is 0.390. The highest BCUT2D eigenvalue weighted by atomic mass is 16.5. The lowest BCUT2D eigenvalue weighted by atomic mass is 9.73. The molecule has 4 nitrogen and oxygen atoms in total. The molecule has 1 fully saturated rings. The Bertz CT molecular complexity index is 1040. The first-order chi connectivity index (χ1) is 17.7. The Morgan fingerprint density at radius 1 is 0.972 bits per heavy atom. The molecular weight excluding hydrogens is 444 g/mol. The number of ether oxygens (including phenoxy) is 1. The number of piperidine rings is 1. The molecule has 4 heteroatoms. The fourth-order valence-corrected chi connectivity index (χ4v) is 6.34. The Kier molecular flexibility index (Phi) is 8.45. The molecule has 2 unspecified atom stereocenters. The summed E-state index contributed by atoms with van der Waals surface area (Å²) >= 11 is 0. The average molecular weight is 487 g/mol. The van der Waals surface area contributed by atoms with Crippen LogP contribution in [-0.4, -0.2) is 53.7 Å². The van der Waals surface area contributed by atoms with Crippen molar-refractivity contribution >= 4 is 0 Å². The molecule has 0 radical (unpaired) electrons. The Morgan fingerprint density at radius 3 is 2.58 bits per heavy atom. The molecule has 0 saturated carbocycles. The van der Waals surface area contributed by atoms with Crippen LogP contribution in [0.15, 0.2) is 66.8 Å². The zero-order valence-electron chi connectivity index (χ0n) is 21.8. The van der Waals surface area contributed by atoms with E-state index >= 15 is 0 Å². The fraction of sp³-hybridized carbons (Fsp3) is 0.500. The van der Waals surface area contributed by atoms with Crippen LogP contribution < -0.4 is 4.74 Å². The van der Waals surface area contributed by atoms with Crippen molar-refractivity contribution in [1.29, 1.82) is 0 Å². The molecule has 192 valence electrons. The van der Waals surface area contributed by atoms with Crippen LogP contribution in [-0.2, 0) is 19.4 Å². The van der Waals surface area contributed by atoms with E-state index in [0.717, 1.165) is 44.8 Å². The molecule has 0 aromatic heterocycles. The van der Waals surface area contributed by atoms with Crippen LogP contribution in [0.2, 0.25) is 0 Å². The van der Waals surface area contributed by atoms with Crippen LogP contribution in [0.1, 0.15) is 49.3 Å². The number of rotatable bonds is 9. The molecule has 0 amide bonds. The minimum atomic E-state index is 0.390. The van der Waals surface area contributed by atoms with Gasteiger partial charge in [-0.15, -0.1) is 0 Å². The highest BCUT2D eigenvalue weighted by Crippen LogP contribution is 2.37. The number of fused-ring (bicyclic) bond motifs is 1. The number of hydrogen-bond donors (Lipinski definition) is 1. The second kappa shape index (κ2) is 12.1. The van der Waals surface area contributed by atoms with E-state index in [1.54, 1.807) is 0 Å². The van der Waals surface area contributed by atoms with Crippen molar-refractivity contribution in [2.75, 3.05) is 32.8 Å². The topological polar surface area (TPSA) is 35.9 Å². The summed E-state index contributed by atoms with van der Waals surface area (Å²) in [6, 6.07) is 15.1. The summed E-state index contributed by atoms with van der Waals surface area (Å²) in [5, 5.41) is 9.87. The highest BCUT2D eigenvalue weighted by molar-refractivity contribution is 5.37. The molecule has 3 atom stereocenters. The predicted molar refractivity (Wildman–Crippen MR) is 147 cm³/mol. The third kappa shape index (κ3) is 6.22. The third-order valence-corrected chi connectivity index (χ3v) is 8.41. The van der Waals surface area contributed by atoms with Crippen molar-refractivity contribution in [3.05, 3.63) is 83.5 Å². The number of phenols is 1. The quantitative estimate of drug-likeness (QED) is 0.472. The standard InChI is InChI=1S/C32H42N2O2/c1-2-34(24-25-10-16-30(17-11-25)36-21-20-33-18-6-3-7-19-33)32-9-5-4-8-31(32)28-13-12-27-23-29(35)15-14-26(27)22-28/h4-5,8-11,14-17,23,28,31-32,35H,2-3,6-7,12-13,18-22,24H2,1H3/t28-,31?,32?/m1/s1. The minimum Gasteiger partial charge on any atom is -0.508 e. The third-order valence-electron chi connectivity index (χ3n) is 8.41. The summed E-state index contributed by atoms with van der Waals surface area (Å²) < 4.78 is 6.05. The van der Waals surface area contributed by atoms with Gasteiger partial charge in [-0.2, -0.15) is 0 Å². The molecule has 1 saturated heterocycles. The first-order valence-electron chi connectivity index (χ1n) is 14.0. The van der Waals surface area contributed by atoms with Crippen molar-refractivity contribution in [3.63, 3.8) is 0 Å². The molecule has 2 aromatic rings. The van der Waals surface area contributed by atoms with E-state index in [-0.39, 0.29) is 0 Å². The Morgan fingerprint density at radius 2 is 1.78 bits per heavy atom. The largest absolute Gasteiger partial charge is 0.508 e. The van der Waals surface area contributed by atoms with Gasteiger partial charge in [0.2, 0.25) is 0 Å². The number of benzene rings is 2. The number of aromatic hydroxyl groups is 1. The summed E-state index contributed by atoms with van der Waals surface area (Å²) in [4.78, 5) is 5.14. The van der Waals surface area contributed by atoms with Crippen LogP contribution in [0.5, 0.6) is 11.5 Å². The lowest BCUT2D eigenvalue weighted by Crippen LogP contribution is -2.43. The molecule has 2 aromatic carbocycles. The van der Waals surface area contributed by atoms with Gasteiger partial charge < -0.3 is 9.84 Å². The van der Waals surface area contributed by atoms with Crippen LogP contribution >= 0.6 is 0 Å². The SMILES string of the molecule is CCN(Cc1ccc(OCCN2CCCCC2)cc1)C1C=CC=CC1[C@@H]1CCc2cc(O)ccc2C1. The van der Waals surface area contributed by atoms with E-state index in [9.17, 15) is 5.11 Å². The molecule has 2 aliphatic carbocycles. The van der Waals surface area contributed by atoms with Crippen molar-refractivity contribution in [2.45, 2.75) is 58.0 Å². The monoisotopic (exact) mass is 486 g/mol. The predicted octanol–water partition coefficient (Wildman–Crippen LogP) is 5.99. The maximum Gasteiger partial charge on any atom is 0.119 e. The molecule has 0 bridgehead atoms. The number of likely N-dealkylation sites (N-methyl/N-ethyl adjacent to an activating group) is 1. The van der Waals surface area contributed by atoms with E-state index in [2.05, 4.69) is 71.4 Å². The Balaban J connectivity index is 1.18. The lowest BCUT2D eigenvalue weighted by Gasteiger charge is -2.40. The molecule has 1 heterocycles. The second-order valence-corrected chi connectivity index (χ2v) is 10.8. The van der Waals surface area contributed by atoms with Crippen molar-refractivity contribution < 1.29 is 9.84 Å². The lowest BCUT2D eigenvalue weighted by molar-refractivity contribution is 0.154. The van der Waals surface area contributed by atoms with Gasteiger partial charge in [-0.25, -0.2) is 0 Å². The second-order valence-electron chi connectivity index (χ2n) is 10.8. The van der Waals surface area contributed by atoms with Gasteiger partial charge in [0, 0.05) is 19.1 Å². The van der Waals surface area contributed by atoms with Crippen LogP contribution in [0.3, 0.4) is 0 Å². The van der Waals surface area contributed by atoms with Gasteiger partial charge in [0.05, 0.1) is 0 Å². The molecule has 36 heavy (non-hydrogen) atoms. The van der Waals surface area contributed by atoms with Crippen molar-refractivity contribution in [2.24, 2.45) is 11.8 Å². The van der Waals surface area contributed by atoms with Gasteiger partial charge in [0.25, 0.3) is 0 Å². The zero-order chi connectivity index (χ0) is 24.7. The maximum absolute atomic E-state index is 9.87. The summed E-state index contributed by atoms with van der Waals surface area (Å²) in [5.74, 6) is 2.50. The molecule has 1 N–H and O–H groups in total. The first kappa shape index (κ1) is 25.1. The van der Waals surface area contributed by atoms with Crippen molar-refractivity contribution in [3.8, 4) is 11.5 Å². The van der Waals surface area contributed by atoms with Gasteiger partial charge in [-0.05, 0) is 105 Å². The number of allylic oxidation sites excluding steroid dienone is 2. The summed E-state index contributed by atoms with van der Waals surface area (Å²) in [6.07, 6.45) is 16.6.